The Balaban J connectivity index is 2.00. The van der Waals surface area contributed by atoms with Crippen molar-refractivity contribution in [3.8, 4) is 0 Å². The van der Waals surface area contributed by atoms with E-state index in [1.165, 1.54) is 30.4 Å². The number of nitrogens with one attached hydrogen (secondary N) is 1. The normalized spacial score (nSPS) is 22.2. The highest BCUT2D eigenvalue weighted by molar-refractivity contribution is 5.33. The molecule has 0 saturated carbocycles. The van der Waals surface area contributed by atoms with Crippen molar-refractivity contribution >= 4 is 0 Å². The molecule has 1 aliphatic carbocycles. The third-order valence-corrected chi connectivity index (χ3v) is 4.05. The van der Waals surface area contributed by atoms with Crippen LogP contribution in [0.15, 0.2) is 24.3 Å². The molecule has 2 unspecified atom stereocenters. The highest BCUT2D eigenvalue weighted by Crippen LogP contribution is 2.36. The van der Waals surface area contributed by atoms with Crippen molar-refractivity contribution in [3.05, 3.63) is 35.4 Å². The van der Waals surface area contributed by atoms with Crippen LogP contribution in [0.5, 0.6) is 0 Å². The molecular weight excluding hydrogens is 234 g/mol. The fourth-order valence-corrected chi connectivity index (χ4v) is 3.12. The van der Waals surface area contributed by atoms with E-state index >= 15 is 0 Å². The van der Waals surface area contributed by atoms with Gasteiger partial charge in [0.25, 0.3) is 0 Å². The van der Waals surface area contributed by atoms with E-state index in [0.29, 0.717) is 12.0 Å². The summed E-state index contributed by atoms with van der Waals surface area (Å²) in [5, 5.41) is 3.68. The monoisotopic (exact) mass is 261 g/mol. The topological polar surface area (TPSA) is 21.3 Å². The first-order valence-electron chi connectivity index (χ1n) is 7.75. The Morgan fingerprint density at radius 2 is 2.05 bits per heavy atom. The predicted molar refractivity (Wildman–Crippen MR) is 80.4 cm³/mol. The van der Waals surface area contributed by atoms with Crippen LogP contribution in [0.2, 0.25) is 0 Å². The van der Waals surface area contributed by atoms with Gasteiger partial charge in [0.1, 0.15) is 0 Å². The largest absolute Gasteiger partial charge is 0.381 e. The minimum Gasteiger partial charge on any atom is -0.381 e. The van der Waals surface area contributed by atoms with Gasteiger partial charge in [-0.15, -0.1) is 0 Å². The van der Waals surface area contributed by atoms with Crippen LogP contribution in [-0.2, 0) is 11.2 Å². The van der Waals surface area contributed by atoms with Gasteiger partial charge >= 0.3 is 0 Å². The summed E-state index contributed by atoms with van der Waals surface area (Å²) in [6.07, 6.45) is 4.79. The van der Waals surface area contributed by atoms with Crippen LogP contribution in [0.1, 0.15) is 50.3 Å². The predicted octanol–water partition coefficient (Wildman–Crippen LogP) is 3.72. The lowest BCUT2D eigenvalue weighted by molar-refractivity contribution is 0.111. The van der Waals surface area contributed by atoms with Gasteiger partial charge < -0.3 is 10.1 Å². The maximum atomic E-state index is 5.67. The van der Waals surface area contributed by atoms with Gasteiger partial charge in [-0.3, -0.25) is 0 Å². The molecular formula is C17H27NO. The van der Waals surface area contributed by atoms with Gasteiger partial charge in [-0.1, -0.05) is 38.1 Å². The number of ether oxygens (including phenoxy) is 1. The van der Waals surface area contributed by atoms with Gasteiger partial charge in [0.15, 0.2) is 0 Å². The zero-order chi connectivity index (χ0) is 13.5. The second kappa shape index (κ2) is 7.66. The molecule has 0 aromatic heterocycles. The molecule has 1 aliphatic rings. The molecule has 2 heteroatoms. The van der Waals surface area contributed by atoms with Gasteiger partial charge in [-0.2, -0.15) is 0 Å². The van der Waals surface area contributed by atoms with Crippen molar-refractivity contribution in [2.24, 2.45) is 5.92 Å². The molecule has 2 atom stereocenters. The highest BCUT2D eigenvalue weighted by Gasteiger charge is 2.28. The zero-order valence-corrected chi connectivity index (χ0v) is 12.3. The average molecular weight is 261 g/mol. The van der Waals surface area contributed by atoms with E-state index in [2.05, 4.69) is 43.4 Å². The lowest BCUT2D eigenvalue weighted by Crippen LogP contribution is -2.33. The number of hydrogen-bond donors (Lipinski definition) is 1. The summed E-state index contributed by atoms with van der Waals surface area (Å²) in [7, 11) is 0. The van der Waals surface area contributed by atoms with Crippen molar-refractivity contribution in [1.29, 1.82) is 0 Å². The van der Waals surface area contributed by atoms with Crippen molar-refractivity contribution in [2.75, 3.05) is 19.8 Å². The Bertz CT molecular complexity index is 377. The SMILES string of the molecule is CCCOCCC1CCc2ccccc2C1NCC. The Morgan fingerprint density at radius 3 is 2.84 bits per heavy atom. The molecule has 0 bridgehead atoms. The van der Waals surface area contributed by atoms with Gasteiger partial charge in [0.05, 0.1) is 0 Å². The quantitative estimate of drug-likeness (QED) is 0.755. The molecule has 106 valence electrons. The van der Waals surface area contributed by atoms with Crippen LogP contribution in [-0.4, -0.2) is 19.8 Å². The van der Waals surface area contributed by atoms with Gasteiger partial charge in [0.2, 0.25) is 0 Å². The first kappa shape index (κ1) is 14.5. The summed E-state index contributed by atoms with van der Waals surface area (Å²) in [5.41, 5.74) is 3.04. The van der Waals surface area contributed by atoms with Gasteiger partial charge in [0, 0.05) is 19.3 Å². The first-order valence-corrected chi connectivity index (χ1v) is 7.75. The molecule has 0 amide bonds. The Morgan fingerprint density at radius 1 is 1.21 bits per heavy atom. The molecule has 1 aromatic rings. The number of rotatable bonds is 7. The Kier molecular flexibility index (Phi) is 5.87. The van der Waals surface area contributed by atoms with Crippen LogP contribution >= 0.6 is 0 Å². The van der Waals surface area contributed by atoms with Crippen LogP contribution in [0.3, 0.4) is 0 Å². The Labute approximate surface area is 117 Å². The van der Waals surface area contributed by atoms with Gasteiger partial charge in [-0.25, -0.2) is 0 Å². The smallest absolute Gasteiger partial charge is 0.0469 e. The minimum atomic E-state index is 0.514. The summed E-state index contributed by atoms with van der Waals surface area (Å²) in [4.78, 5) is 0. The van der Waals surface area contributed by atoms with E-state index in [4.69, 9.17) is 4.74 Å². The molecule has 1 N–H and O–H groups in total. The summed E-state index contributed by atoms with van der Waals surface area (Å²) < 4.78 is 5.67. The molecule has 0 spiro atoms. The standard InChI is InChI=1S/C17H27NO/c1-3-12-19-13-11-15-10-9-14-7-5-6-8-16(14)17(15)18-4-2/h5-8,15,17-18H,3-4,9-13H2,1-2H3. The number of aryl methyl sites for hydroxylation is 1. The number of fused-ring (bicyclic) bond motifs is 1. The molecule has 1 aromatic carbocycles. The first-order chi connectivity index (χ1) is 9.36. The van der Waals surface area contributed by atoms with E-state index in [1.54, 1.807) is 0 Å². The van der Waals surface area contributed by atoms with Crippen LogP contribution in [0.4, 0.5) is 0 Å². The van der Waals surface area contributed by atoms with Crippen LogP contribution < -0.4 is 5.32 Å². The summed E-state index contributed by atoms with van der Waals surface area (Å²) in [6, 6.07) is 9.41. The van der Waals surface area contributed by atoms with Crippen molar-refractivity contribution in [3.63, 3.8) is 0 Å². The van der Waals surface area contributed by atoms with Crippen LogP contribution in [0.25, 0.3) is 0 Å². The highest BCUT2D eigenvalue weighted by atomic mass is 16.5. The van der Waals surface area contributed by atoms with E-state index in [9.17, 15) is 0 Å². The maximum Gasteiger partial charge on any atom is 0.0469 e. The van der Waals surface area contributed by atoms with Crippen LogP contribution in [0, 0.1) is 5.92 Å². The molecule has 2 nitrogen and oxygen atoms in total. The molecule has 0 aliphatic heterocycles. The van der Waals surface area contributed by atoms with E-state index in [-0.39, 0.29) is 0 Å². The minimum absolute atomic E-state index is 0.514. The van der Waals surface area contributed by atoms with Crippen molar-refractivity contribution in [1.82, 2.24) is 5.32 Å². The molecule has 0 fully saturated rings. The second-order valence-corrected chi connectivity index (χ2v) is 5.43. The third-order valence-electron chi connectivity index (χ3n) is 4.05. The molecule has 0 radical (unpaired) electrons. The van der Waals surface area contributed by atoms with E-state index in [1.807, 2.05) is 0 Å². The number of benzene rings is 1. The maximum absolute atomic E-state index is 5.67. The zero-order valence-electron chi connectivity index (χ0n) is 12.3. The van der Waals surface area contributed by atoms with E-state index < -0.39 is 0 Å². The third kappa shape index (κ3) is 3.80. The number of hydrogen-bond acceptors (Lipinski definition) is 2. The fourth-order valence-electron chi connectivity index (χ4n) is 3.12. The average Bonchev–Trinajstić information content (AvgIpc) is 2.45. The van der Waals surface area contributed by atoms with E-state index in [0.717, 1.165) is 26.2 Å². The molecule has 0 saturated heterocycles. The summed E-state index contributed by atoms with van der Waals surface area (Å²) in [5.74, 6) is 0.715. The van der Waals surface area contributed by atoms with Crippen molar-refractivity contribution < 1.29 is 4.74 Å². The Hall–Kier alpha value is -0.860. The summed E-state index contributed by atoms with van der Waals surface area (Å²) >= 11 is 0. The van der Waals surface area contributed by atoms with Gasteiger partial charge in [-0.05, 0) is 49.3 Å². The lowest BCUT2D eigenvalue weighted by Gasteiger charge is -2.34. The second-order valence-electron chi connectivity index (χ2n) is 5.43. The molecule has 0 heterocycles. The molecule has 19 heavy (non-hydrogen) atoms. The lowest BCUT2D eigenvalue weighted by atomic mass is 9.78. The fraction of sp³-hybridized carbons (Fsp3) is 0.647. The molecule has 2 rings (SSSR count). The van der Waals surface area contributed by atoms with Crippen molar-refractivity contribution in [2.45, 2.75) is 45.6 Å². The summed E-state index contributed by atoms with van der Waals surface area (Å²) in [6.45, 7) is 7.20.